The largest absolute Gasteiger partial charge is 0.303 e. The molecular formula is C16H18N4O. The molecule has 0 aliphatic heterocycles. The van der Waals surface area contributed by atoms with Gasteiger partial charge in [-0.05, 0) is 6.42 Å². The Morgan fingerprint density at radius 3 is 2.57 bits per heavy atom. The minimum atomic E-state index is -0.139. The van der Waals surface area contributed by atoms with Crippen LogP contribution in [-0.2, 0) is 6.42 Å². The van der Waals surface area contributed by atoms with E-state index in [4.69, 9.17) is 0 Å². The number of hydrogen-bond acceptors (Lipinski definition) is 3. The molecule has 21 heavy (non-hydrogen) atoms. The summed E-state index contributed by atoms with van der Waals surface area (Å²) in [6.45, 7) is 6.11. The van der Waals surface area contributed by atoms with Gasteiger partial charge >= 0.3 is 0 Å². The molecule has 0 atom stereocenters. The van der Waals surface area contributed by atoms with Crippen molar-refractivity contribution in [1.29, 1.82) is 0 Å². The first-order valence-electron chi connectivity index (χ1n) is 7.19. The van der Waals surface area contributed by atoms with Crippen LogP contribution in [0.5, 0.6) is 0 Å². The molecule has 108 valence electrons. The highest BCUT2D eigenvalue weighted by atomic mass is 16.1. The summed E-state index contributed by atoms with van der Waals surface area (Å²) in [5, 5.41) is 4.59. The number of benzene rings is 1. The Kier molecular flexibility index (Phi) is 3.33. The van der Waals surface area contributed by atoms with Crippen LogP contribution >= 0.6 is 0 Å². The fourth-order valence-corrected chi connectivity index (χ4v) is 2.44. The van der Waals surface area contributed by atoms with Crippen molar-refractivity contribution in [2.24, 2.45) is 0 Å². The highest BCUT2D eigenvalue weighted by molar-refractivity contribution is 5.57. The fourth-order valence-electron chi connectivity index (χ4n) is 2.44. The molecule has 0 amide bonds. The molecule has 0 aliphatic carbocycles. The van der Waals surface area contributed by atoms with E-state index in [1.807, 2.05) is 37.3 Å². The quantitative estimate of drug-likeness (QED) is 0.803. The van der Waals surface area contributed by atoms with E-state index in [1.54, 1.807) is 4.52 Å². The Hall–Kier alpha value is -2.43. The number of hydrogen-bond donors (Lipinski definition) is 1. The molecule has 0 spiro atoms. The Bertz CT molecular complexity index is 831. The normalized spacial score (nSPS) is 11.4. The number of H-pyrrole nitrogens is 1. The van der Waals surface area contributed by atoms with Crippen molar-refractivity contribution >= 4 is 5.52 Å². The third-order valence-electron chi connectivity index (χ3n) is 3.50. The highest BCUT2D eigenvalue weighted by Gasteiger charge is 2.17. The van der Waals surface area contributed by atoms with Gasteiger partial charge in [-0.1, -0.05) is 51.1 Å². The summed E-state index contributed by atoms with van der Waals surface area (Å²) in [4.78, 5) is 19.9. The van der Waals surface area contributed by atoms with Crippen LogP contribution in [0.2, 0.25) is 0 Å². The van der Waals surface area contributed by atoms with Crippen molar-refractivity contribution < 1.29 is 0 Å². The Balaban J connectivity index is 2.33. The molecular weight excluding hydrogens is 264 g/mol. The molecule has 0 bridgehead atoms. The summed E-state index contributed by atoms with van der Waals surface area (Å²) in [6, 6.07) is 9.64. The molecule has 2 aromatic heterocycles. The lowest BCUT2D eigenvalue weighted by Crippen LogP contribution is -2.16. The van der Waals surface area contributed by atoms with Crippen LogP contribution in [0, 0.1) is 0 Å². The second-order valence-corrected chi connectivity index (χ2v) is 5.35. The Morgan fingerprint density at radius 1 is 1.24 bits per heavy atom. The van der Waals surface area contributed by atoms with Crippen LogP contribution in [0.15, 0.2) is 35.1 Å². The van der Waals surface area contributed by atoms with Gasteiger partial charge in [0.05, 0.1) is 5.69 Å². The molecule has 2 heterocycles. The molecule has 0 unspecified atom stereocenters. The predicted octanol–water partition coefficient (Wildman–Crippen LogP) is 2.77. The van der Waals surface area contributed by atoms with Crippen molar-refractivity contribution in [2.45, 2.75) is 33.1 Å². The Labute approximate surface area is 122 Å². The molecule has 5 nitrogen and oxygen atoms in total. The van der Waals surface area contributed by atoms with Gasteiger partial charge in [-0.25, -0.2) is 9.50 Å². The maximum Gasteiger partial charge on any atom is 0.277 e. The molecule has 0 saturated heterocycles. The van der Waals surface area contributed by atoms with Gasteiger partial charge in [-0.3, -0.25) is 4.79 Å². The third kappa shape index (κ3) is 2.24. The minimum absolute atomic E-state index is 0.139. The van der Waals surface area contributed by atoms with Crippen LogP contribution in [-0.4, -0.2) is 19.6 Å². The number of nitrogens with zero attached hydrogens (tertiary/aromatic N) is 3. The van der Waals surface area contributed by atoms with Crippen molar-refractivity contribution in [3.05, 3.63) is 52.2 Å². The van der Waals surface area contributed by atoms with Gasteiger partial charge in [0.2, 0.25) is 0 Å². The summed E-state index contributed by atoms with van der Waals surface area (Å²) in [7, 11) is 0. The van der Waals surface area contributed by atoms with Gasteiger partial charge in [0.1, 0.15) is 5.82 Å². The molecule has 3 aromatic rings. The molecule has 0 saturated carbocycles. The van der Waals surface area contributed by atoms with Crippen molar-refractivity contribution in [3.63, 3.8) is 0 Å². The maximum absolute atomic E-state index is 12.4. The summed E-state index contributed by atoms with van der Waals surface area (Å²) in [5.74, 6) is 1.59. The summed E-state index contributed by atoms with van der Waals surface area (Å²) < 4.78 is 1.70. The van der Waals surface area contributed by atoms with Crippen LogP contribution < -0.4 is 5.56 Å². The number of aryl methyl sites for hydroxylation is 1. The summed E-state index contributed by atoms with van der Waals surface area (Å²) >= 11 is 0. The number of rotatable bonds is 3. The number of imidazole rings is 1. The molecule has 0 fully saturated rings. The van der Waals surface area contributed by atoms with Gasteiger partial charge in [0.15, 0.2) is 11.3 Å². The third-order valence-corrected chi connectivity index (χ3v) is 3.50. The first-order chi connectivity index (χ1) is 10.1. The summed E-state index contributed by atoms with van der Waals surface area (Å²) in [5.41, 5.74) is 2.10. The van der Waals surface area contributed by atoms with Crippen molar-refractivity contribution in [1.82, 2.24) is 19.6 Å². The molecule has 0 aliphatic rings. The van der Waals surface area contributed by atoms with Crippen LogP contribution in [0.25, 0.3) is 16.9 Å². The molecule has 1 N–H and O–H groups in total. The SMILES string of the molecule is CCc1nc(C(C)C)n2nc(-c3ccccc3)[nH]c(=O)c12. The standard InChI is InChI=1S/C16H18N4O/c1-4-12-13-16(21)18-14(11-8-6-5-7-9-11)19-20(13)15(17-12)10(2)3/h5-10H,4H2,1-3H3,(H,18,19,21). The van der Waals surface area contributed by atoms with Gasteiger partial charge in [0, 0.05) is 11.5 Å². The first kappa shape index (κ1) is 13.5. The van der Waals surface area contributed by atoms with Crippen molar-refractivity contribution in [3.8, 4) is 11.4 Å². The van der Waals surface area contributed by atoms with Crippen LogP contribution in [0.1, 0.15) is 38.2 Å². The zero-order chi connectivity index (χ0) is 15.0. The van der Waals surface area contributed by atoms with E-state index < -0.39 is 0 Å². The molecule has 1 aromatic carbocycles. The minimum Gasteiger partial charge on any atom is -0.303 e. The lowest BCUT2D eigenvalue weighted by Gasteiger charge is -2.05. The highest BCUT2D eigenvalue weighted by Crippen LogP contribution is 2.19. The van der Waals surface area contributed by atoms with Crippen LogP contribution in [0.4, 0.5) is 0 Å². The lowest BCUT2D eigenvalue weighted by molar-refractivity contribution is 0.719. The van der Waals surface area contributed by atoms with E-state index in [9.17, 15) is 4.79 Å². The van der Waals surface area contributed by atoms with Crippen LogP contribution in [0.3, 0.4) is 0 Å². The second-order valence-electron chi connectivity index (χ2n) is 5.35. The number of aromatic nitrogens is 4. The van der Waals surface area contributed by atoms with E-state index in [-0.39, 0.29) is 11.5 Å². The topological polar surface area (TPSA) is 63.1 Å². The van der Waals surface area contributed by atoms with E-state index in [0.29, 0.717) is 17.8 Å². The smallest absolute Gasteiger partial charge is 0.277 e. The first-order valence-corrected chi connectivity index (χ1v) is 7.19. The van der Waals surface area contributed by atoms with Gasteiger partial charge in [0.25, 0.3) is 5.56 Å². The lowest BCUT2D eigenvalue weighted by atomic mass is 10.2. The van der Waals surface area contributed by atoms with E-state index >= 15 is 0 Å². The zero-order valence-electron chi connectivity index (χ0n) is 12.4. The van der Waals surface area contributed by atoms with E-state index in [0.717, 1.165) is 17.1 Å². The average molecular weight is 282 g/mol. The average Bonchev–Trinajstić information content (AvgIpc) is 2.87. The predicted molar refractivity (Wildman–Crippen MR) is 82.5 cm³/mol. The monoisotopic (exact) mass is 282 g/mol. The number of nitrogens with one attached hydrogen (secondary N) is 1. The van der Waals surface area contributed by atoms with Gasteiger partial charge in [-0.15, -0.1) is 5.10 Å². The summed E-state index contributed by atoms with van der Waals surface area (Å²) in [6.07, 6.45) is 0.714. The molecule has 0 radical (unpaired) electrons. The number of fused-ring (bicyclic) bond motifs is 1. The molecule has 5 heteroatoms. The van der Waals surface area contributed by atoms with Gasteiger partial charge < -0.3 is 4.98 Å². The van der Waals surface area contributed by atoms with E-state index in [1.165, 1.54) is 0 Å². The maximum atomic E-state index is 12.4. The van der Waals surface area contributed by atoms with E-state index in [2.05, 4.69) is 28.9 Å². The van der Waals surface area contributed by atoms with Crippen molar-refractivity contribution in [2.75, 3.05) is 0 Å². The second kappa shape index (κ2) is 5.16. The van der Waals surface area contributed by atoms with Gasteiger partial charge in [-0.2, -0.15) is 0 Å². The Morgan fingerprint density at radius 2 is 1.95 bits per heavy atom. The zero-order valence-corrected chi connectivity index (χ0v) is 12.4. The number of aromatic amines is 1. The fraction of sp³-hybridized carbons (Fsp3) is 0.312. The molecule has 3 rings (SSSR count).